The van der Waals surface area contributed by atoms with E-state index in [1.807, 2.05) is 12.4 Å². The third-order valence-electron chi connectivity index (χ3n) is 15.6. The van der Waals surface area contributed by atoms with Gasteiger partial charge in [0.05, 0.1) is 12.4 Å². The highest BCUT2D eigenvalue weighted by Gasteiger charge is 2.32. The zero-order valence-corrected chi connectivity index (χ0v) is 36.4. The Balaban J connectivity index is 1.07. The van der Waals surface area contributed by atoms with Gasteiger partial charge in [0.2, 0.25) is 0 Å². The molecule has 0 amide bonds. The molecule has 0 unspecified atom stereocenters. The van der Waals surface area contributed by atoms with Crippen LogP contribution in [0.5, 0.6) is 11.5 Å². The van der Waals surface area contributed by atoms with Crippen LogP contribution in [0.3, 0.4) is 0 Å². The monoisotopic (exact) mass is 753 g/mol. The lowest BCUT2D eigenvalue weighted by atomic mass is 9.68. The summed E-state index contributed by atoms with van der Waals surface area (Å²) in [6.07, 6.45) is 45.1. The molecule has 2 aromatic heterocycles. The molecular weight excluding hydrogens is 669 g/mol. The minimum absolute atomic E-state index is 0.788. The second-order valence-corrected chi connectivity index (χ2v) is 19.7. The van der Waals surface area contributed by atoms with Crippen LogP contribution in [0, 0.1) is 47.3 Å². The van der Waals surface area contributed by atoms with Crippen molar-refractivity contribution in [3.63, 3.8) is 0 Å². The lowest BCUT2D eigenvalue weighted by Crippen LogP contribution is -2.26. The SMILES string of the molecule is CCCCCc1ncc(Oc2cnc(CCCCC)c(CC3CCC(C4CCC(CCC)CC4)CC3)c2)cc1CC1CCC(C2CCC(CCC)CC2)CC1. The van der Waals surface area contributed by atoms with Crippen molar-refractivity contribution in [2.75, 3.05) is 0 Å². The van der Waals surface area contributed by atoms with Gasteiger partial charge in [-0.05, 0) is 186 Å². The molecule has 0 atom stereocenters. The Kier molecular flexibility index (Phi) is 17.8. The largest absolute Gasteiger partial charge is 0.454 e. The lowest BCUT2D eigenvalue weighted by Gasteiger charge is -2.38. The van der Waals surface area contributed by atoms with Crippen LogP contribution >= 0.6 is 0 Å². The van der Waals surface area contributed by atoms with Gasteiger partial charge >= 0.3 is 0 Å². The molecule has 0 aliphatic heterocycles. The van der Waals surface area contributed by atoms with E-state index in [0.29, 0.717) is 0 Å². The quantitative estimate of drug-likeness (QED) is 0.126. The van der Waals surface area contributed by atoms with E-state index in [-0.39, 0.29) is 0 Å². The van der Waals surface area contributed by atoms with Gasteiger partial charge in [0.25, 0.3) is 0 Å². The summed E-state index contributed by atoms with van der Waals surface area (Å²) in [6.45, 7) is 9.35. The second-order valence-electron chi connectivity index (χ2n) is 19.7. The van der Waals surface area contributed by atoms with Gasteiger partial charge in [0, 0.05) is 11.4 Å². The number of rotatable bonds is 20. The predicted octanol–water partition coefficient (Wildman–Crippen LogP) is 15.6. The second kappa shape index (κ2) is 22.9. The summed E-state index contributed by atoms with van der Waals surface area (Å²) in [5.74, 6) is 9.40. The van der Waals surface area contributed by atoms with E-state index in [1.54, 1.807) is 0 Å². The van der Waals surface area contributed by atoms with Crippen LogP contribution < -0.4 is 4.74 Å². The Labute approximate surface area is 339 Å². The molecular formula is C52H84N2O. The predicted molar refractivity (Wildman–Crippen MR) is 234 cm³/mol. The van der Waals surface area contributed by atoms with Crippen molar-refractivity contribution >= 4 is 0 Å². The maximum atomic E-state index is 6.72. The Bertz CT molecular complexity index is 1250. The number of aryl methyl sites for hydroxylation is 2. The van der Waals surface area contributed by atoms with Crippen LogP contribution in [-0.2, 0) is 25.7 Å². The minimum Gasteiger partial charge on any atom is -0.454 e. The Hall–Kier alpha value is -1.90. The van der Waals surface area contributed by atoms with E-state index in [2.05, 4.69) is 39.8 Å². The van der Waals surface area contributed by atoms with E-state index >= 15 is 0 Å². The third kappa shape index (κ3) is 13.1. The summed E-state index contributed by atoms with van der Waals surface area (Å²) >= 11 is 0. The van der Waals surface area contributed by atoms with Gasteiger partial charge in [0.1, 0.15) is 11.5 Å². The smallest absolute Gasteiger partial charge is 0.146 e. The summed E-state index contributed by atoms with van der Waals surface area (Å²) in [6, 6.07) is 4.75. The first-order chi connectivity index (χ1) is 27.0. The molecule has 55 heavy (non-hydrogen) atoms. The highest BCUT2D eigenvalue weighted by atomic mass is 16.5. The normalized spacial score (nSPS) is 28.9. The maximum absolute atomic E-state index is 6.72. The summed E-state index contributed by atoms with van der Waals surface area (Å²) in [5, 5.41) is 0. The average molecular weight is 753 g/mol. The van der Waals surface area contributed by atoms with Crippen molar-refractivity contribution in [2.45, 2.75) is 220 Å². The number of pyridine rings is 2. The van der Waals surface area contributed by atoms with Crippen LogP contribution in [0.15, 0.2) is 24.5 Å². The van der Waals surface area contributed by atoms with Gasteiger partial charge in [0.15, 0.2) is 0 Å². The molecule has 2 aromatic rings. The lowest BCUT2D eigenvalue weighted by molar-refractivity contribution is 0.143. The number of unbranched alkanes of at least 4 members (excludes halogenated alkanes) is 4. The summed E-state index contributed by atoms with van der Waals surface area (Å²) in [5.41, 5.74) is 5.56. The van der Waals surface area contributed by atoms with Gasteiger partial charge in [-0.15, -0.1) is 0 Å². The van der Waals surface area contributed by atoms with Crippen molar-refractivity contribution in [3.05, 3.63) is 47.0 Å². The van der Waals surface area contributed by atoms with E-state index in [9.17, 15) is 0 Å². The first-order valence-corrected chi connectivity index (χ1v) is 24.7. The van der Waals surface area contributed by atoms with Crippen molar-refractivity contribution in [2.24, 2.45) is 47.3 Å². The van der Waals surface area contributed by atoms with Gasteiger partial charge in [-0.25, -0.2) is 0 Å². The van der Waals surface area contributed by atoms with Crippen LogP contribution in [0.4, 0.5) is 0 Å². The topological polar surface area (TPSA) is 35.0 Å². The molecule has 0 spiro atoms. The molecule has 308 valence electrons. The maximum Gasteiger partial charge on any atom is 0.146 e. The zero-order chi connectivity index (χ0) is 38.2. The fraction of sp³-hybridized carbons (Fsp3) is 0.808. The van der Waals surface area contributed by atoms with Gasteiger partial charge in [-0.3, -0.25) is 9.97 Å². The molecule has 0 radical (unpaired) electrons. The Morgan fingerprint density at radius 3 is 1.11 bits per heavy atom. The van der Waals surface area contributed by atoms with Gasteiger partial charge < -0.3 is 4.74 Å². The highest BCUT2D eigenvalue weighted by molar-refractivity contribution is 5.36. The van der Waals surface area contributed by atoms with Crippen LogP contribution in [0.2, 0.25) is 0 Å². The fourth-order valence-electron chi connectivity index (χ4n) is 12.2. The van der Waals surface area contributed by atoms with Crippen molar-refractivity contribution in [1.29, 1.82) is 0 Å². The number of nitrogens with zero attached hydrogens (tertiary/aromatic N) is 2. The molecule has 4 saturated carbocycles. The van der Waals surface area contributed by atoms with E-state index in [4.69, 9.17) is 14.7 Å². The number of hydrogen-bond acceptors (Lipinski definition) is 3. The van der Waals surface area contributed by atoms with E-state index in [0.717, 1.165) is 71.7 Å². The van der Waals surface area contributed by atoms with Crippen LogP contribution in [-0.4, -0.2) is 9.97 Å². The highest BCUT2D eigenvalue weighted by Crippen LogP contribution is 2.45. The molecule has 4 aliphatic carbocycles. The molecule has 4 fully saturated rings. The molecule has 0 aromatic carbocycles. The number of ether oxygens (including phenoxy) is 1. The molecule has 3 heteroatoms. The minimum atomic E-state index is 0.788. The molecule has 2 heterocycles. The summed E-state index contributed by atoms with van der Waals surface area (Å²) < 4.78 is 6.72. The zero-order valence-electron chi connectivity index (χ0n) is 36.4. The average Bonchev–Trinajstić information content (AvgIpc) is 3.21. The van der Waals surface area contributed by atoms with Gasteiger partial charge in [-0.2, -0.15) is 0 Å². The van der Waals surface area contributed by atoms with Crippen LogP contribution in [0.25, 0.3) is 0 Å². The molecule has 4 aliphatic rings. The molecule has 0 N–H and O–H groups in total. The first kappa shape index (κ1) is 42.7. The molecule has 3 nitrogen and oxygen atoms in total. The fourth-order valence-corrected chi connectivity index (χ4v) is 12.2. The molecule has 0 bridgehead atoms. The van der Waals surface area contributed by atoms with Crippen molar-refractivity contribution in [3.8, 4) is 11.5 Å². The van der Waals surface area contributed by atoms with Crippen LogP contribution in [0.1, 0.15) is 217 Å². The third-order valence-corrected chi connectivity index (χ3v) is 15.6. The number of hydrogen-bond donors (Lipinski definition) is 0. The number of aromatic nitrogens is 2. The Morgan fingerprint density at radius 1 is 0.436 bits per heavy atom. The van der Waals surface area contributed by atoms with Crippen molar-refractivity contribution < 1.29 is 4.74 Å². The molecule has 0 saturated heterocycles. The Morgan fingerprint density at radius 2 is 0.782 bits per heavy atom. The van der Waals surface area contributed by atoms with Crippen molar-refractivity contribution in [1.82, 2.24) is 9.97 Å². The van der Waals surface area contributed by atoms with Gasteiger partial charge in [-0.1, -0.05) is 105 Å². The summed E-state index contributed by atoms with van der Waals surface area (Å²) in [7, 11) is 0. The van der Waals surface area contributed by atoms with E-state index < -0.39 is 0 Å². The van der Waals surface area contributed by atoms with E-state index in [1.165, 1.54) is 202 Å². The first-order valence-electron chi connectivity index (χ1n) is 24.7. The molecule has 6 rings (SSSR count). The standard InChI is InChI=1S/C52H84N2O/c1-5-9-11-15-51-47(33-41-21-29-45(30-22-41)43-25-17-39(13-7-3)18-26-43)35-49(37-53-51)55-50-36-48(52(54-38-50)16-12-10-6-2)34-42-23-31-46(32-24-42)44-27-19-40(14-8-4)20-28-44/h35-46H,5-34H2,1-4H3. The summed E-state index contributed by atoms with van der Waals surface area (Å²) in [4.78, 5) is 10.2.